The van der Waals surface area contributed by atoms with E-state index in [-0.39, 0.29) is 12.0 Å². The van der Waals surface area contributed by atoms with Crippen LogP contribution in [0.2, 0.25) is 0 Å². The number of anilines is 1. The normalized spacial score (nSPS) is 17.3. The fourth-order valence-electron chi connectivity index (χ4n) is 2.39. The first-order valence-electron chi connectivity index (χ1n) is 6.64. The number of aromatic nitrogens is 1. The van der Waals surface area contributed by atoms with Crippen molar-refractivity contribution in [2.24, 2.45) is 0 Å². The van der Waals surface area contributed by atoms with E-state index in [1.54, 1.807) is 29.4 Å². The van der Waals surface area contributed by atoms with Crippen LogP contribution in [-0.2, 0) is 0 Å². The van der Waals surface area contributed by atoms with Gasteiger partial charge in [-0.15, -0.1) is 0 Å². The Hall–Kier alpha value is -2.36. The van der Waals surface area contributed by atoms with Gasteiger partial charge < -0.3 is 9.64 Å². The summed E-state index contributed by atoms with van der Waals surface area (Å²) < 4.78 is 5.80. The van der Waals surface area contributed by atoms with Crippen molar-refractivity contribution < 1.29 is 9.53 Å². The Kier molecular flexibility index (Phi) is 3.14. The van der Waals surface area contributed by atoms with Crippen LogP contribution >= 0.6 is 0 Å². The number of pyridine rings is 1. The number of hydrogen-bond donors (Lipinski definition) is 0. The summed E-state index contributed by atoms with van der Waals surface area (Å²) in [6.07, 6.45) is 3.25. The van der Waals surface area contributed by atoms with Gasteiger partial charge in [-0.2, -0.15) is 0 Å². The molecule has 1 aromatic heterocycles. The monoisotopic (exact) mass is 268 g/mol. The van der Waals surface area contributed by atoms with Crippen LogP contribution in [0, 0.1) is 6.92 Å². The van der Waals surface area contributed by atoms with Gasteiger partial charge in [-0.1, -0.05) is 6.07 Å². The van der Waals surface area contributed by atoms with Crippen LogP contribution in [0.4, 0.5) is 5.69 Å². The van der Waals surface area contributed by atoms with Crippen LogP contribution < -0.4 is 9.64 Å². The minimum atomic E-state index is -0.0191. The third kappa shape index (κ3) is 2.25. The molecule has 0 bridgehead atoms. The average molecular weight is 268 g/mol. The van der Waals surface area contributed by atoms with Gasteiger partial charge >= 0.3 is 0 Å². The zero-order valence-corrected chi connectivity index (χ0v) is 11.5. The lowest BCUT2D eigenvalue weighted by Gasteiger charge is -2.33. The number of amides is 1. The number of rotatable bonds is 1. The molecule has 0 saturated heterocycles. The van der Waals surface area contributed by atoms with Crippen molar-refractivity contribution in [3.05, 3.63) is 53.9 Å². The fraction of sp³-hybridized carbons (Fsp3) is 0.250. The van der Waals surface area contributed by atoms with Gasteiger partial charge in [0.25, 0.3) is 5.91 Å². The number of fused-ring (bicyclic) bond motifs is 1. The second kappa shape index (κ2) is 4.96. The molecule has 4 nitrogen and oxygen atoms in total. The Balaban J connectivity index is 2.02. The molecule has 2 aromatic rings. The molecule has 4 heteroatoms. The Morgan fingerprint density at radius 2 is 2.05 bits per heavy atom. The Bertz CT molecular complexity index is 640. The highest BCUT2D eigenvalue weighted by Crippen LogP contribution is 2.35. The first-order valence-corrected chi connectivity index (χ1v) is 6.64. The van der Waals surface area contributed by atoms with Crippen LogP contribution in [0.3, 0.4) is 0 Å². The molecule has 3 rings (SSSR count). The van der Waals surface area contributed by atoms with Gasteiger partial charge in [0.05, 0.1) is 12.2 Å². The summed E-state index contributed by atoms with van der Waals surface area (Å²) in [6.45, 7) is 4.53. The Labute approximate surface area is 118 Å². The number of nitrogens with zero attached hydrogens (tertiary/aromatic N) is 2. The molecule has 0 spiro atoms. The second-order valence-electron chi connectivity index (χ2n) is 5.05. The van der Waals surface area contributed by atoms with Crippen molar-refractivity contribution in [2.75, 3.05) is 11.4 Å². The van der Waals surface area contributed by atoms with E-state index in [0.29, 0.717) is 12.1 Å². The average Bonchev–Trinajstić information content (AvgIpc) is 2.47. The highest BCUT2D eigenvalue weighted by Gasteiger charge is 2.28. The van der Waals surface area contributed by atoms with E-state index < -0.39 is 0 Å². The minimum absolute atomic E-state index is 0.0176. The summed E-state index contributed by atoms with van der Waals surface area (Å²) in [7, 11) is 0. The lowest BCUT2D eigenvalue weighted by Crippen LogP contribution is -2.42. The molecule has 20 heavy (non-hydrogen) atoms. The Morgan fingerprint density at radius 3 is 2.80 bits per heavy atom. The lowest BCUT2D eigenvalue weighted by atomic mass is 10.1. The SMILES string of the molecule is Cc1ccc2c(c1)N(C(=O)c1ccncc1)C[C@H](C)O2. The van der Waals surface area contributed by atoms with Gasteiger partial charge in [0.15, 0.2) is 0 Å². The Morgan fingerprint density at radius 1 is 1.30 bits per heavy atom. The molecule has 0 fully saturated rings. The molecule has 1 atom stereocenters. The topological polar surface area (TPSA) is 42.4 Å². The van der Waals surface area contributed by atoms with Crippen LogP contribution in [-0.4, -0.2) is 23.5 Å². The molecular weight excluding hydrogens is 252 g/mol. The fourth-order valence-corrected chi connectivity index (χ4v) is 2.39. The van der Waals surface area contributed by atoms with Gasteiger partial charge in [0.1, 0.15) is 11.9 Å². The van der Waals surface area contributed by atoms with Gasteiger partial charge in [0, 0.05) is 18.0 Å². The van der Waals surface area contributed by atoms with E-state index in [2.05, 4.69) is 4.98 Å². The number of benzene rings is 1. The highest BCUT2D eigenvalue weighted by atomic mass is 16.5. The summed E-state index contributed by atoms with van der Waals surface area (Å²) >= 11 is 0. The molecular formula is C16H16N2O2. The van der Waals surface area contributed by atoms with Gasteiger partial charge in [0.2, 0.25) is 0 Å². The first kappa shape index (κ1) is 12.7. The van der Waals surface area contributed by atoms with Crippen molar-refractivity contribution in [3.63, 3.8) is 0 Å². The number of aryl methyl sites for hydroxylation is 1. The van der Waals surface area contributed by atoms with Crippen molar-refractivity contribution in [2.45, 2.75) is 20.0 Å². The number of ether oxygens (including phenoxy) is 1. The summed E-state index contributed by atoms with van der Waals surface area (Å²) in [5.41, 5.74) is 2.58. The van der Waals surface area contributed by atoms with E-state index in [0.717, 1.165) is 17.0 Å². The van der Waals surface area contributed by atoms with Crippen molar-refractivity contribution >= 4 is 11.6 Å². The number of hydrogen-bond acceptors (Lipinski definition) is 3. The van der Waals surface area contributed by atoms with Crippen LogP contribution in [0.1, 0.15) is 22.8 Å². The van der Waals surface area contributed by atoms with Crippen molar-refractivity contribution in [1.82, 2.24) is 4.98 Å². The van der Waals surface area contributed by atoms with Gasteiger partial charge in [-0.3, -0.25) is 9.78 Å². The van der Waals surface area contributed by atoms with E-state index in [9.17, 15) is 4.79 Å². The summed E-state index contributed by atoms with van der Waals surface area (Å²) in [5.74, 6) is 0.742. The zero-order valence-electron chi connectivity index (χ0n) is 11.5. The van der Waals surface area contributed by atoms with Crippen LogP contribution in [0.15, 0.2) is 42.7 Å². The largest absolute Gasteiger partial charge is 0.487 e. The molecule has 0 aliphatic carbocycles. The number of carbonyl (C=O) groups is 1. The van der Waals surface area contributed by atoms with E-state index in [1.807, 2.05) is 32.0 Å². The molecule has 1 aliphatic heterocycles. The standard InChI is InChI=1S/C16H16N2O2/c1-11-3-4-15-14(9-11)18(10-12(2)20-15)16(19)13-5-7-17-8-6-13/h3-9,12H,10H2,1-2H3/t12-/m0/s1. The smallest absolute Gasteiger partial charge is 0.258 e. The molecule has 102 valence electrons. The molecule has 0 unspecified atom stereocenters. The maximum atomic E-state index is 12.7. The molecule has 0 N–H and O–H groups in total. The zero-order chi connectivity index (χ0) is 14.1. The first-order chi connectivity index (χ1) is 9.65. The molecule has 0 saturated carbocycles. The van der Waals surface area contributed by atoms with Gasteiger partial charge in [-0.05, 0) is 43.7 Å². The predicted octanol–water partition coefficient (Wildman–Crippen LogP) is 2.82. The second-order valence-corrected chi connectivity index (χ2v) is 5.05. The van der Waals surface area contributed by atoms with Gasteiger partial charge in [-0.25, -0.2) is 0 Å². The maximum absolute atomic E-state index is 12.7. The predicted molar refractivity (Wildman–Crippen MR) is 77.2 cm³/mol. The molecule has 1 aromatic carbocycles. The van der Waals surface area contributed by atoms with Crippen LogP contribution in [0.5, 0.6) is 5.75 Å². The van der Waals surface area contributed by atoms with Crippen LogP contribution in [0.25, 0.3) is 0 Å². The highest BCUT2D eigenvalue weighted by molar-refractivity contribution is 6.07. The third-order valence-electron chi connectivity index (χ3n) is 3.35. The summed E-state index contributed by atoms with van der Waals surface area (Å²) in [5, 5.41) is 0. The summed E-state index contributed by atoms with van der Waals surface area (Å²) in [4.78, 5) is 18.4. The molecule has 1 amide bonds. The molecule has 0 radical (unpaired) electrons. The lowest BCUT2D eigenvalue weighted by molar-refractivity contribution is 0.0961. The van der Waals surface area contributed by atoms with Crippen molar-refractivity contribution in [3.8, 4) is 5.75 Å². The minimum Gasteiger partial charge on any atom is -0.487 e. The van der Waals surface area contributed by atoms with E-state index in [4.69, 9.17) is 4.74 Å². The number of carbonyl (C=O) groups excluding carboxylic acids is 1. The van der Waals surface area contributed by atoms with E-state index >= 15 is 0 Å². The molecule has 2 heterocycles. The van der Waals surface area contributed by atoms with E-state index in [1.165, 1.54) is 0 Å². The molecule has 1 aliphatic rings. The third-order valence-corrected chi connectivity index (χ3v) is 3.35. The van der Waals surface area contributed by atoms with Crippen molar-refractivity contribution in [1.29, 1.82) is 0 Å². The quantitative estimate of drug-likeness (QED) is 0.798. The summed E-state index contributed by atoms with van der Waals surface area (Å²) in [6, 6.07) is 9.37. The maximum Gasteiger partial charge on any atom is 0.258 e.